The van der Waals surface area contributed by atoms with Crippen molar-refractivity contribution in [2.45, 2.75) is 43.8 Å². The molecule has 0 aliphatic carbocycles. The number of aliphatic carboxylic acids is 1. The Balaban J connectivity index is 0.000000370. The van der Waals surface area contributed by atoms with Gasteiger partial charge in [-0.15, -0.1) is 0 Å². The minimum atomic E-state index is -5.08. The first-order valence-corrected chi connectivity index (χ1v) is 8.92. The Labute approximate surface area is 166 Å². The van der Waals surface area contributed by atoms with Crippen LogP contribution in [0.3, 0.4) is 0 Å². The van der Waals surface area contributed by atoms with Crippen LogP contribution < -0.4 is 0 Å². The lowest BCUT2D eigenvalue weighted by atomic mass is 10.1. The van der Waals surface area contributed by atoms with Gasteiger partial charge in [0.15, 0.2) is 0 Å². The monoisotopic (exact) mass is 413 g/mol. The molecule has 1 amide bonds. The van der Waals surface area contributed by atoms with Crippen molar-refractivity contribution in [2.75, 3.05) is 20.6 Å². The number of halogens is 3. The van der Waals surface area contributed by atoms with Crippen molar-refractivity contribution < 1.29 is 32.6 Å². The standard InChI is InChI=1S/C17H21N3O2.C2HF3O2/c1-19(2)17(21)16-9-14-15(22-16)6-7-20(14)11-13-5-3-4-12(8-13)10-18;3-2(4,5)1(6)7/h3-5,8,14-16H,6-7,9,11H2,1-2H3;(H,6,7)/t14-,15-,16+;/m0./s1. The smallest absolute Gasteiger partial charge is 0.475 e. The molecule has 0 spiro atoms. The van der Waals surface area contributed by atoms with Crippen molar-refractivity contribution in [1.82, 2.24) is 9.80 Å². The van der Waals surface area contributed by atoms with Gasteiger partial charge in [0.2, 0.25) is 0 Å². The van der Waals surface area contributed by atoms with Gasteiger partial charge in [-0.05, 0) is 24.1 Å². The second-order valence-corrected chi connectivity index (χ2v) is 7.07. The second kappa shape index (κ2) is 9.24. The molecule has 0 aromatic heterocycles. The number of carboxylic acid groups (broad SMARTS) is 1. The molecular weight excluding hydrogens is 391 g/mol. The number of alkyl halides is 3. The van der Waals surface area contributed by atoms with Gasteiger partial charge < -0.3 is 14.7 Å². The molecule has 2 fully saturated rings. The van der Waals surface area contributed by atoms with Crippen LogP contribution in [0.25, 0.3) is 0 Å². The molecule has 0 saturated carbocycles. The Bertz CT molecular complexity index is 792. The molecule has 158 valence electrons. The number of carbonyl (C=O) groups is 2. The van der Waals surface area contributed by atoms with Gasteiger partial charge in [-0.25, -0.2) is 4.79 Å². The number of carbonyl (C=O) groups excluding carboxylic acids is 1. The third kappa shape index (κ3) is 5.92. The summed E-state index contributed by atoms with van der Waals surface area (Å²) in [6.07, 6.45) is -3.49. The van der Waals surface area contributed by atoms with E-state index < -0.39 is 12.1 Å². The molecule has 10 heteroatoms. The van der Waals surface area contributed by atoms with Gasteiger partial charge in [0.25, 0.3) is 5.91 Å². The number of nitrogens with zero attached hydrogens (tertiary/aromatic N) is 3. The molecular formula is C19H22F3N3O4. The SMILES string of the molecule is CN(C)C(=O)[C@H]1C[C@H]2[C@H](CCN2Cc2cccc(C#N)c2)O1.O=C(O)C(F)(F)F. The average Bonchev–Trinajstić information content (AvgIpc) is 3.23. The van der Waals surface area contributed by atoms with E-state index in [1.54, 1.807) is 19.0 Å². The Hall–Kier alpha value is -2.64. The van der Waals surface area contributed by atoms with Crippen molar-refractivity contribution in [1.29, 1.82) is 5.26 Å². The van der Waals surface area contributed by atoms with E-state index in [0.717, 1.165) is 31.5 Å². The maximum absolute atomic E-state index is 12.1. The summed E-state index contributed by atoms with van der Waals surface area (Å²) in [4.78, 5) is 24.9. The molecule has 2 aliphatic heterocycles. The summed E-state index contributed by atoms with van der Waals surface area (Å²) < 4.78 is 37.7. The van der Waals surface area contributed by atoms with Crippen LogP contribution in [0.4, 0.5) is 13.2 Å². The number of amides is 1. The van der Waals surface area contributed by atoms with Gasteiger partial charge >= 0.3 is 12.1 Å². The molecule has 2 aliphatic rings. The topological polar surface area (TPSA) is 93.9 Å². The van der Waals surface area contributed by atoms with Gasteiger partial charge in [-0.2, -0.15) is 18.4 Å². The number of likely N-dealkylation sites (N-methyl/N-ethyl adjacent to an activating group) is 1. The summed E-state index contributed by atoms with van der Waals surface area (Å²) >= 11 is 0. The first kappa shape index (κ1) is 22.6. The van der Waals surface area contributed by atoms with E-state index in [-0.39, 0.29) is 18.1 Å². The van der Waals surface area contributed by atoms with Crippen molar-refractivity contribution in [2.24, 2.45) is 0 Å². The highest BCUT2D eigenvalue weighted by Gasteiger charge is 2.45. The van der Waals surface area contributed by atoms with E-state index in [1.807, 2.05) is 24.3 Å². The number of likely N-dealkylation sites (tertiary alicyclic amines) is 1. The zero-order chi connectivity index (χ0) is 21.8. The fourth-order valence-corrected chi connectivity index (χ4v) is 3.45. The molecule has 0 bridgehead atoms. The lowest BCUT2D eigenvalue weighted by Gasteiger charge is -2.23. The summed E-state index contributed by atoms with van der Waals surface area (Å²) in [7, 11) is 3.54. The number of benzene rings is 1. The van der Waals surface area contributed by atoms with Gasteiger partial charge in [0.1, 0.15) is 6.10 Å². The Morgan fingerprint density at radius 2 is 2.03 bits per heavy atom. The van der Waals surface area contributed by atoms with E-state index in [2.05, 4.69) is 11.0 Å². The second-order valence-electron chi connectivity index (χ2n) is 7.07. The fraction of sp³-hybridized carbons (Fsp3) is 0.526. The molecule has 1 aromatic rings. The third-order valence-electron chi connectivity index (χ3n) is 4.79. The predicted octanol–water partition coefficient (Wildman–Crippen LogP) is 2.01. The summed E-state index contributed by atoms with van der Waals surface area (Å²) in [5.41, 5.74) is 1.83. The van der Waals surface area contributed by atoms with Crippen molar-refractivity contribution >= 4 is 11.9 Å². The predicted molar refractivity (Wildman–Crippen MR) is 95.6 cm³/mol. The number of ether oxygens (including phenoxy) is 1. The molecule has 0 radical (unpaired) electrons. The highest BCUT2D eigenvalue weighted by molar-refractivity contribution is 5.80. The number of hydrogen-bond acceptors (Lipinski definition) is 5. The maximum atomic E-state index is 12.1. The lowest BCUT2D eigenvalue weighted by molar-refractivity contribution is -0.192. The van der Waals surface area contributed by atoms with Crippen LogP contribution in [-0.2, 0) is 20.9 Å². The van der Waals surface area contributed by atoms with E-state index in [0.29, 0.717) is 11.6 Å². The third-order valence-corrected chi connectivity index (χ3v) is 4.79. The van der Waals surface area contributed by atoms with Crippen LogP contribution in [0.15, 0.2) is 24.3 Å². The van der Waals surface area contributed by atoms with E-state index in [9.17, 15) is 18.0 Å². The maximum Gasteiger partial charge on any atom is 0.490 e. The Morgan fingerprint density at radius 1 is 1.38 bits per heavy atom. The normalized spacial score (nSPS) is 23.5. The number of nitriles is 1. The van der Waals surface area contributed by atoms with Gasteiger partial charge in [-0.1, -0.05) is 12.1 Å². The van der Waals surface area contributed by atoms with Gasteiger partial charge in [-0.3, -0.25) is 9.69 Å². The van der Waals surface area contributed by atoms with Crippen LogP contribution in [-0.4, -0.2) is 71.8 Å². The highest BCUT2D eigenvalue weighted by atomic mass is 19.4. The first-order valence-electron chi connectivity index (χ1n) is 8.92. The fourth-order valence-electron chi connectivity index (χ4n) is 3.45. The van der Waals surface area contributed by atoms with Crippen LogP contribution in [0.5, 0.6) is 0 Å². The minimum absolute atomic E-state index is 0.0563. The number of hydrogen-bond donors (Lipinski definition) is 1. The number of carboxylic acids is 1. The average molecular weight is 413 g/mol. The van der Waals surface area contributed by atoms with Crippen LogP contribution in [0.2, 0.25) is 0 Å². The number of fused-ring (bicyclic) bond motifs is 1. The summed E-state index contributed by atoms with van der Waals surface area (Å²) in [5, 5.41) is 16.1. The highest BCUT2D eigenvalue weighted by Crippen LogP contribution is 2.34. The molecule has 1 N–H and O–H groups in total. The molecule has 29 heavy (non-hydrogen) atoms. The molecule has 2 heterocycles. The van der Waals surface area contributed by atoms with E-state index in [4.69, 9.17) is 19.9 Å². The van der Waals surface area contributed by atoms with Crippen molar-refractivity contribution in [3.05, 3.63) is 35.4 Å². The van der Waals surface area contributed by atoms with E-state index in [1.165, 1.54) is 0 Å². The molecule has 3 rings (SSSR count). The van der Waals surface area contributed by atoms with E-state index >= 15 is 0 Å². The molecule has 3 atom stereocenters. The zero-order valence-corrected chi connectivity index (χ0v) is 16.0. The summed E-state index contributed by atoms with van der Waals surface area (Å²) in [6, 6.07) is 10.2. The Kier molecular flexibility index (Phi) is 7.21. The lowest BCUT2D eigenvalue weighted by Crippen LogP contribution is -2.35. The summed E-state index contributed by atoms with van der Waals surface area (Å²) in [6.45, 7) is 1.79. The quantitative estimate of drug-likeness (QED) is 0.815. The number of rotatable bonds is 3. The first-order chi connectivity index (χ1) is 13.5. The van der Waals surface area contributed by atoms with Crippen LogP contribution in [0, 0.1) is 11.3 Å². The molecule has 2 saturated heterocycles. The Morgan fingerprint density at radius 3 is 2.59 bits per heavy atom. The molecule has 7 nitrogen and oxygen atoms in total. The molecule has 1 aromatic carbocycles. The minimum Gasteiger partial charge on any atom is -0.475 e. The van der Waals surface area contributed by atoms with Crippen molar-refractivity contribution in [3.63, 3.8) is 0 Å². The van der Waals surface area contributed by atoms with Crippen LogP contribution in [0.1, 0.15) is 24.0 Å². The van der Waals surface area contributed by atoms with Crippen LogP contribution >= 0.6 is 0 Å². The van der Waals surface area contributed by atoms with Gasteiger partial charge in [0, 0.05) is 39.6 Å². The zero-order valence-electron chi connectivity index (χ0n) is 16.0. The van der Waals surface area contributed by atoms with Gasteiger partial charge in [0.05, 0.1) is 17.7 Å². The van der Waals surface area contributed by atoms with Crippen molar-refractivity contribution in [3.8, 4) is 6.07 Å². The summed E-state index contributed by atoms with van der Waals surface area (Å²) in [5.74, 6) is -2.70. The largest absolute Gasteiger partial charge is 0.490 e. The molecule has 0 unspecified atom stereocenters.